The summed E-state index contributed by atoms with van der Waals surface area (Å²) in [5.74, 6) is 0.344. The fraction of sp³-hybridized carbons (Fsp3) is 0.462. The van der Waals surface area contributed by atoms with Gasteiger partial charge in [-0.25, -0.2) is 0 Å². The first-order chi connectivity index (χ1) is 7.97. The lowest BCUT2D eigenvalue weighted by atomic mass is 9.96. The molecular weight excluding hydrogens is 238 g/mol. The molecule has 0 bridgehead atoms. The maximum atomic E-state index is 11.4. The summed E-state index contributed by atoms with van der Waals surface area (Å²) in [7, 11) is 0. The second kappa shape index (κ2) is 4.67. The molecule has 0 aliphatic carbocycles. The number of hydrogen-bond acceptors (Lipinski definition) is 2. The predicted octanol–water partition coefficient (Wildman–Crippen LogP) is 2.91. The standard InChI is InChI=1S/C13H16ClNO2/c1-7(2)3-11(16)10-6-9(14)4-8-5-12(17)15-13(8)10/h4,6-7,11,16H,3,5H2,1-2H3,(H,15,17). The second-order valence-corrected chi connectivity index (χ2v) is 5.34. The van der Waals surface area contributed by atoms with E-state index in [9.17, 15) is 9.90 Å². The third kappa shape index (κ3) is 2.61. The smallest absolute Gasteiger partial charge is 0.228 e. The predicted molar refractivity (Wildman–Crippen MR) is 68.2 cm³/mol. The number of amides is 1. The molecule has 2 rings (SSSR count). The number of benzene rings is 1. The zero-order chi connectivity index (χ0) is 12.6. The molecule has 1 aromatic rings. The van der Waals surface area contributed by atoms with Crippen molar-refractivity contribution < 1.29 is 9.90 Å². The van der Waals surface area contributed by atoms with Crippen molar-refractivity contribution >= 4 is 23.2 Å². The van der Waals surface area contributed by atoms with E-state index in [1.54, 1.807) is 12.1 Å². The lowest BCUT2D eigenvalue weighted by Gasteiger charge is -2.17. The minimum absolute atomic E-state index is 0.0414. The number of aliphatic hydroxyl groups excluding tert-OH is 1. The van der Waals surface area contributed by atoms with Crippen molar-refractivity contribution in [3.63, 3.8) is 0 Å². The molecule has 1 unspecified atom stereocenters. The number of rotatable bonds is 3. The van der Waals surface area contributed by atoms with E-state index in [2.05, 4.69) is 5.32 Å². The normalized spacial score (nSPS) is 15.9. The quantitative estimate of drug-likeness (QED) is 0.870. The molecule has 0 radical (unpaired) electrons. The molecule has 0 fully saturated rings. The Hall–Kier alpha value is -1.06. The molecule has 92 valence electrons. The van der Waals surface area contributed by atoms with Crippen LogP contribution in [0.4, 0.5) is 5.69 Å². The summed E-state index contributed by atoms with van der Waals surface area (Å²) in [6.07, 6.45) is 0.417. The van der Waals surface area contributed by atoms with Crippen LogP contribution in [-0.2, 0) is 11.2 Å². The van der Waals surface area contributed by atoms with Crippen LogP contribution in [-0.4, -0.2) is 11.0 Å². The summed E-state index contributed by atoms with van der Waals surface area (Å²) < 4.78 is 0. The Morgan fingerprint density at radius 3 is 2.82 bits per heavy atom. The second-order valence-electron chi connectivity index (χ2n) is 4.90. The number of carbonyl (C=O) groups excluding carboxylic acids is 1. The summed E-state index contributed by atoms with van der Waals surface area (Å²) >= 11 is 6.01. The Morgan fingerprint density at radius 2 is 2.18 bits per heavy atom. The maximum Gasteiger partial charge on any atom is 0.228 e. The van der Waals surface area contributed by atoms with Gasteiger partial charge in [0, 0.05) is 10.6 Å². The molecule has 1 aliphatic heterocycles. The van der Waals surface area contributed by atoms with Crippen molar-refractivity contribution in [2.75, 3.05) is 5.32 Å². The monoisotopic (exact) mass is 253 g/mol. The van der Waals surface area contributed by atoms with Crippen molar-refractivity contribution in [2.45, 2.75) is 32.8 Å². The Morgan fingerprint density at radius 1 is 1.47 bits per heavy atom. The SMILES string of the molecule is CC(C)CC(O)c1cc(Cl)cc2c1NC(=O)C2. The van der Waals surface area contributed by atoms with Crippen LogP contribution in [0.5, 0.6) is 0 Å². The summed E-state index contributed by atoms with van der Waals surface area (Å²) in [4.78, 5) is 11.4. The Balaban J connectivity index is 2.37. The van der Waals surface area contributed by atoms with Crippen molar-refractivity contribution in [1.82, 2.24) is 0 Å². The van der Waals surface area contributed by atoms with E-state index >= 15 is 0 Å². The van der Waals surface area contributed by atoms with Crippen LogP contribution in [0.25, 0.3) is 0 Å². The fourth-order valence-electron chi connectivity index (χ4n) is 2.17. The Bertz CT molecular complexity index is 457. The first-order valence-electron chi connectivity index (χ1n) is 5.77. The Labute approximate surface area is 106 Å². The van der Waals surface area contributed by atoms with Gasteiger partial charge < -0.3 is 10.4 Å². The topological polar surface area (TPSA) is 49.3 Å². The number of anilines is 1. The molecule has 0 aromatic heterocycles. The molecule has 1 heterocycles. The van der Waals surface area contributed by atoms with Gasteiger partial charge in [0.15, 0.2) is 0 Å². The third-order valence-corrected chi connectivity index (χ3v) is 3.10. The van der Waals surface area contributed by atoms with E-state index < -0.39 is 6.10 Å². The number of halogens is 1. The number of hydrogen-bond donors (Lipinski definition) is 2. The van der Waals surface area contributed by atoms with Crippen LogP contribution < -0.4 is 5.32 Å². The molecule has 0 saturated carbocycles. The zero-order valence-corrected chi connectivity index (χ0v) is 10.7. The fourth-order valence-corrected chi connectivity index (χ4v) is 2.42. The molecular formula is C13H16ClNO2. The lowest BCUT2D eigenvalue weighted by molar-refractivity contribution is -0.115. The van der Waals surface area contributed by atoms with Crippen LogP contribution in [0.2, 0.25) is 5.02 Å². The van der Waals surface area contributed by atoms with Crippen molar-refractivity contribution in [3.05, 3.63) is 28.3 Å². The molecule has 1 aromatic carbocycles. The van der Waals surface area contributed by atoms with Gasteiger partial charge in [-0.3, -0.25) is 4.79 Å². The van der Waals surface area contributed by atoms with Crippen molar-refractivity contribution in [3.8, 4) is 0 Å². The molecule has 1 aliphatic rings. The van der Waals surface area contributed by atoms with Gasteiger partial charge in [0.25, 0.3) is 0 Å². The summed E-state index contributed by atoms with van der Waals surface area (Å²) in [5, 5.41) is 13.5. The van der Waals surface area contributed by atoms with E-state index in [4.69, 9.17) is 11.6 Å². The first kappa shape index (κ1) is 12.4. The number of nitrogens with one attached hydrogen (secondary N) is 1. The van der Waals surface area contributed by atoms with E-state index in [0.717, 1.165) is 16.8 Å². The zero-order valence-electron chi connectivity index (χ0n) is 9.96. The highest BCUT2D eigenvalue weighted by atomic mass is 35.5. The number of carbonyl (C=O) groups is 1. The van der Waals surface area contributed by atoms with E-state index in [1.807, 2.05) is 13.8 Å². The van der Waals surface area contributed by atoms with Crippen LogP contribution in [0, 0.1) is 5.92 Å². The average Bonchev–Trinajstić information content (AvgIpc) is 2.55. The van der Waals surface area contributed by atoms with Gasteiger partial charge in [-0.2, -0.15) is 0 Å². The molecule has 3 nitrogen and oxygen atoms in total. The van der Waals surface area contributed by atoms with E-state index in [1.165, 1.54) is 0 Å². The molecule has 17 heavy (non-hydrogen) atoms. The van der Waals surface area contributed by atoms with Crippen LogP contribution >= 0.6 is 11.6 Å². The van der Waals surface area contributed by atoms with Gasteiger partial charge in [0.05, 0.1) is 18.2 Å². The maximum absolute atomic E-state index is 11.4. The van der Waals surface area contributed by atoms with Gasteiger partial charge >= 0.3 is 0 Å². The molecule has 1 amide bonds. The van der Waals surface area contributed by atoms with Gasteiger partial charge in [0.1, 0.15) is 0 Å². The first-order valence-corrected chi connectivity index (χ1v) is 6.15. The molecule has 0 saturated heterocycles. The van der Waals surface area contributed by atoms with Crippen LogP contribution in [0.1, 0.15) is 37.5 Å². The van der Waals surface area contributed by atoms with Crippen molar-refractivity contribution in [1.29, 1.82) is 0 Å². The third-order valence-electron chi connectivity index (χ3n) is 2.88. The van der Waals surface area contributed by atoms with Crippen molar-refractivity contribution in [2.24, 2.45) is 5.92 Å². The van der Waals surface area contributed by atoms with Gasteiger partial charge in [-0.15, -0.1) is 0 Å². The van der Waals surface area contributed by atoms with Gasteiger partial charge in [-0.05, 0) is 30.0 Å². The van der Waals surface area contributed by atoms with Gasteiger partial charge in [-0.1, -0.05) is 25.4 Å². The minimum atomic E-state index is -0.583. The molecule has 0 spiro atoms. The highest BCUT2D eigenvalue weighted by Gasteiger charge is 2.24. The molecule has 4 heteroatoms. The highest BCUT2D eigenvalue weighted by Crippen LogP contribution is 2.36. The van der Waals surface area contributed by atoms with Crippen LogP contribution in [0.15, 0.2) is 12.1 Å². The minimum Gasteiger partial charge on any atom is -0.388 e. The summed E-state index contributed by atoms with van der Waals surface area (Å²) in [6.45, 7) is 4.10. The van der Waals surface area contributed by atoms with Crippen LogP contribution in [0.3, 0.4) is 0 Å². The molecule has 1 atom stereocenters. The highest BCUT2D eigenvalue weighted by molar-refractivity contribution is 6.31. The van der Waals surface area contributed by atoms with E-state index in [-0.39, 0.29) is 5.91 Å². The van der Waals surface area contributed by atoms with E-state index in [0.29, 0.717) is 23.8 Å². The number of fused-ring (bicyclic) bond motifs is 1. The summed E-state index contributed by atoms with van der Waals surface area (Å²) in [5.41, 5.74) is 2.35. The summed E-state index contributed by atoms with van der Waals surface area (Å²) in [6, 6.07) is 3.51. The average molecular weight is 254 g/mol. The number of aliphatic hydroxyl groups is 1. The Kier molecular flexibility index (Phi) is 3.40. The molecule has 2 N–H and O–H groups in total. The lowest BCUT2D eigenvalue weighted by Crippen LogP contribution is -2.08. The van der Waals surface area contributed by atoms with Gasteiger partial charge in [0.2, 0.25) is 5.91 Å². The largest absolute Gasteiger partial charge is 0.388 e.